The number of rotatable bonds is 2. The van der Waals surface area contributed by atoms with Crippen LogP contribution >= 0.6 is 0 Å². The van der Waals surface area contributed by atoms with Crippen molar-refractivity contribution in [2.24, 2.45) is 0 Å². The maximum Gasteiger partial charge on any atom is 0.0851 e. The Labute approximate surface area is 79.8 Å². The molecule has 2 rings (SSSR count). The van der Waals surface area contributed by atoms with E-state index in [0.29, 0.717) is 18.2 Å². The van der Waals surface area contributed by atoms with E-state index >= 15 is 0 Å². The highest BCUT2D eigenvalue weighted by Gasteiger charge is 2.31. The topological polar surface area (TPSA) is 30.5 Å². The molecule has 2 saturated heterocycles. The largest absolute Gasteiger partial charge is 0.376 e. The van der Waals surface area contributed by atoms with Crippen molar-refractivity contribution >= 4 is 0 Å². The molecule has 76 valence electrons. The highest BCUT2D eigenvalue weighted by atomic mass is 16.5. The molecule has 13 heavy (non-hydrogen) atoms. The normalized spacial score (nSPS) is 40.8. The summed E-state index contributed by atoms with van der Waals surface area (Å²) in [6.07, 6.45) is 5.35. The van der Waals surface area contributed by atoms with E-state index in [9.17, 15) is 0 Å². The molecule has 3 atom stereocenters. The van der Waals surface area contributed by atoms with Gasteiger partial charge in [0, 0.05) is 19.3 Å². The first-order valence-electron chi connectivity index (χ1n) is 5.30. The van der Waals surface area contributed by atoms with Gasteiger partial charge in [0.2, 0.25) is 0 Å². The lowest BCUT2D eigenvalue weighted by Crippen LogP contribution is -2.42. The standard InChI is InChI=1S/C10H19NO2/c1-11-8-4-6-13-10(7-8)9-3-2-5-12-9/h8-11H,2-7H2,1H3. The van der Waals surface area contributed by atoms with E-state index in [1.165, 1.54) is 12.8 Å². The van der Waals surface area contributed by atoms with Gasteiger partial charge in [-0.15, -0.1) is 0 Å². The molecule has 2 aliphatic rings. The summed E-state index contributed by atoms with van der Waals surface area (Å²) in [7, 11) is 2.03. The zero-order valence-electron chi connectivity index (χ0n) is 8.29. The van der Waals surface area contributed by atoms with Crippen molar-refractivity contribution in [1.82, 2.24) is 5.32 Å². The summed E-state index contributed by atoms with van der Waals surface area (Å²) in [5, 5.41) is 3.32. The average molecular weight is 185 g/mol. The molecule has 0 saturated carbocycles. The Morgan fingerprint density at radius 2 is 1.92 bits per heavy atom. The summed E-state index contributed by atoms with van der Waals surface area (Å²) < 4.78 is 11.4. The van der Waals surface area contributed by atoms with Crippen molar-refractivity contribution < 1.29 is 9.47 Å². The molecule has 0 radical (unpaired) electrons. The van der Waals surface area contributed by atoms with Gasteiger partial charge in [0.1, 0.15) is 0 Å². The van der Waals surface area contributed by atoms with E-state index < -0.39 is 0 Å². The van der Waals surface area contributed by atoms with Gasteiger partial charge in [0.25, 0.3) is 0 Å². The van der Waals surface area contributed by atoms with Gasteiger partial charge in [0.15, 0.2) is 0 Å². The third kappa shape index (κ3) is 2.22. The van der Waals surface area contributed by atoms with E-state index in [2.05, 4.69) is 5.32 Å². The van der Waals surface area contributed by atoms with Crippen LogP contribution in [0, 0.1) is 0 Å². The second-order valence-electron chi connectivity index (χ2n) is 3.97. The summed E-state index contributed by atoms with van der Waals surface area (Å²) in [4.78, 5) is 0. The lowest BCUT2D eigenvalue weighted by atomic mass is 9.98. The molecule has 3 unspecified atom stereocenters. The minimum atomic E-state index is 0.341. The number of ether oxygens (including phenoxy) is 2. The Hall–Kier alpha value is -0.120. The van der Waals surface area contributed by atoms with Crippen molar-refractivity contribution in [3.8, 4) is 0 Å². The van der Waals surface area contributed by atoms with Crippen molar-refractivity contribution in [1.29, 1.82) is 0 Å². The zero-order chi connectivity index (χ0) is 9.10. The third-order valence-corrected chi connectivity index (χ3v) is 3.10. The second kappa shape index (κ2) is 4.40. The van der Waals surface area contributed by atoms with Gasteiger partial charge in [0.05, 0.1) is 12.2 Å². The summed E-state index contributed by atoms with van der Waals surface area (Å²) in [6.45, 7) is 1.81. The van der Waals surface area contributed by atoms with Gasteiger partial charge in [-0.2, -0.15) is 0 Å². The Morgan fingerprint density at radius 1 is 1.08 bits per heavy atom. The van der Waals surface area contributed by atoms with Crippen LogP contribution in [0.25, 0.3) is 0 Å². The van der Waals surface area contributed by atoms with E-state index in [1.807, 2.05) is 7.05 Å². The first kappa shape index (κ1) is 9.44. The van der Waals surface area contributed by atoms with Crippen LogP contribution in [0.15, 0.2) is 0 Å². The van der Waals surface area contributed by atoms with E-state index in [-0.39, 0.29) is 0 Å². The maximum atomic E-state index is 5.73. The molecule has 0 aliphatic carbocycles. The fraction of sp³-hybridized carbons (Fsp3) is 1.00. The summed E-state index contributed by atoms with van der Waals surface area (Å²) in [5.41, 5.74) is 0. The van der Waals surface area contributed by atoms with Crippen LogP contribution < -0.4 is 5.32 Å². The summed E-state index contributed by atoms with van der Waals surface area (Å²) in [6, 6.07) is 0.628. The fourth-order valence-corrected chi connectivity index (χ4v) is 2.25. The molecule has 2 heterocycles. The van der Waals surface area contributed by atoms with Crippen molar-refractivity contribution in [3.05, 3.63) is 0 Å². The Kier molecular flexibility index (Phi) is 3.19. The molecular formula is C10H19NO2. The lowest BCUT2D eigenvalue weighted by molar-refractivity contribution is -0.0773. The molecule has 0 amide bonds. The van der Waals surface area contributed by atoms with Crippen LogP contribution in [0.1, 0.15) is 25.7 Å². The van der Waals surface area contributed by atoms with Crippen LogP contribution in [-0.4, -0.2) is 38.5 Å². The molecule has 0 bridgehead atoms. The molecule has 0 aromatic carbocycles. The third-order valence-electron chi connectivity index (χ3n) is 3.10. The highest BCUT2D eigenvalue weighted by molar-refractivity contribution is 4.83. The molecule has 2 fully saturated rings. The van der Waals surface area contributed by atoms with Crippen LogP contribution in [0.5, 0.6) is 0 Å². The van der Waals surface area contributed by atoms with Crippen LogP contribution in [0.3, 0.4) is 0 Å². The molecule has 3 heteroatoms. The molecule has 2 aliphatic heterocycles. The van der Waals surface area contributed by atoms with E-state index in [1.54, 1.807) is 0 Å². The van der Waals surface area contributed by atoms with Gasteiger partial charge < -0.3 is 14.8 Å². The minimum absolute atomic E-state index is 0.341. The van der Waals surface area contributed by atoms with Crippen molar-refractivity contribution in [2.45, 2.75) is 43.9 Å². The lowest BCUT2D eigenvalue weighted by Gasteiger charge is -2.32. The molecule has 0 aromatic rings. The van der Waals surface area contributed by atoms with E-state index in [4.69, 9.17) is 9.47 Å². The number of nitrogens with one attached hydrogen (secondary N) is 1. The quantitative estimate of drug-likeness (QED) is 0.694. The maximum absolute atomic E-state index is 5.73. The SMILES string of the molecule is CNC1CCOC(C2CCCO2)C1. The van der Waals surface area contributed by atoms with Crippen LogP contribution in [0.4, 0.5) is 0 Å². The average Bonchev–Trinajstić information content (AvgIpc) is 2.71. The Morgan fingerprint density at radius 3 is 2.62 bits per heavy atom. The van der Waals surface area contributed by atoms with Crippen LogP contribution in [-0.2, 0) is 9.47 Å². The predicted molar refractivity (Wildman–Crippen MR) is 50.8 cm³/mol. The number of hydrogen-bond acceptors (Lipinski definition) is 3. The summed E-state index contributed by atoms with van der Waals surface area (Å²) in [5.74, 6) is 0. The fourth-order valence-electron chi connectivity index (χ4n) is 2.25. The zero-order valence-corrected chi connectivity index (χ0v) is 8.29. The van der Waals surface area contributed by atoms with Gasteiger partial charge in [-0.3, -0.25) is 0 Å². The molecule has 1 N–H and O–H groups in total. The van der Waals surface area contributed by atoms with Gasteiger partial charge in [-0.05, 0) is 32.7 Å². The summed E-state index contributed by atoms with van der Waals surface area (Å²) >= 11 is 0. The van der Waals surface area contributed by atoms with Gasteiger partial charge in [-0.1, -0.05) is 0 Å². The van der Waals surface area contributed by atoms with Gasteiger partial charge in [-0.25, -0.2) is 0 Å². The Bertz CT molecular complexity index is 157. The number of hydrogen-bond donors (Lipinski definition) is 1. The van der Waals surface area contributed by atoms with Gasteiger partial charge >= 0.3 is 0 Å². The minimum Gasteiger partial charge on any atom is -0.376 e. The second-order valence-corrected chi connectivity index (χ2v) is 3.97. The monoisotopic (exact) mass is 185 g/mol. The smallest absolute Gasteiger partial charge is 0.0851 e. The van der Waals surface area contributed by atoms with Crippen molar-refractivity contribution in [2.75, 3.05) is 20.3 Å². The predicted octanol–water partition coefficient (Wildman–Crippen LogP) is 0.932. The molecule has 0 spiro atoms. The first-order chi connectivity index (χ1) is 6.40. The highest BCUT2D eigenvalue weighted by Crippen LogP contribution is 2.24. The molecular weight excluding hydrogens is 166 g/mol. The Balaban J connectivity index is 1.84. The van der Waals surface area contributed by atoms with Crippen LogP contribution in [0.2, 0.25) is 0 Å². The van der Waals surface area contributed by atoms with Crippen molar-refractivity contribution in [3.63, 3.8) is 0 Å². The molecule has 0 aromatic heterocycles. The first-order valence-corrected chi connectivity index (χ1v) is 5.30. The molecule has 3 nitrogen and oxygen atoms in total. The van der Waals surface area contributed by atoms with E-state index in [0.717, 1.165) is 26.1 Å².